The summed E-state index contributed by atoms with van der Waals surface area (Å²) in [5.74, 6) is 0.502. The molecule has 6 nitrogen and oxygen atoms in total. The predicted molar refractivity (Wildman–Crippen MR) is 98.3 cm³/mol. The van der Waals surface area contributed by atoms with Crippen LogP contribution in [0, 0.1) is 0 Å². The summed E-state index contributed by atoms with van der Waals surface area (Å²) in [7, 11) is 0. The van der Waals surface area contributed by atoms with Gasteiger partial charge in [-0.3, -0.25) is 14.9 Å². The molecule has 1 N–H and O–H groups in total. The van der Waals surface area contributed by atoms with Crippen molar-refractivity contribution in [2.45, 2.75) is 58.5 Å². The first-order valence-corrected chi connectivity index (χ1v) is 9.21. The fourth-order valence-corrected chi connectivity index (χ4v) is 3.54. The lowest BCUT2D eigenvalue weighted by molar-refractivity contribution is -0.140. The van der Waals surface area contributed by atoms with Crippen molar-refractivity contribution < 1.29 is 9.59 Å². The Morgan fingerprint density at radius 3 is 2.80 bits per heavy atom. The van der Waals surface area contributed by atoms with Crippen molar-refractivity contribution in [1.29, 1.82) is 0 Å². The quantitative estimate of drug-likeness (QED) is 0.907. The second-order valence-electron chi connectivity index (χ2n) is 6.51. The summed E-state index contributed by atoms with van der Waals surface area (Å²) in [5, 5.41) is 2.97. The summed E-state index contributed by atoms with van der Waals surface area (Å²) in [4.78, 5) is 31.5. The molecule has 134 valence electrons. The summed E-state index contributed by atoms with van der Waals surface area (Å²) in [6.45, 7) is 5.41. The molecule has 1 saturated heterocycles. The standard InChI is InChI=1S/C19H26N4O2/c1-3-9-17(24)23-13-8-7-12-16(23)18(25)21-19-20-14-10-5-6-11-15(14)22(19)4-2/h5-6,10-11,16H,3-4,7-9,12-13H2,1-2H3,(H,20,21,25). The van der Waals surface area contributed by atoms with Crippen LogP contribution in [0.25, 0.3) is 11.0 Å². The van der Waals surface area contributed by atoms with E-state index in [1.54, 1.807) is 4.90 Å². The van der Waals surface area contributed by atoms with Crippen molar-refractivity contribution in [2.24, 2.45) is 0 Å². The van der Waals surface area contributed by atoms with Crippen molar-refractivity contribution in [2.75, 3.05) is 11.9 Å². The third kappa shape index (κ3) is 3.52. The Bertz CT molecular complexity index is 768. The maximum Gasteiger partial charge on any atom is 0.249 e. The number of nitrogens with one attached hydrogen (secondary N) is 1. The van der Waals surface area contributed by atoms with E-state index < -0.39 is 6.04 Å². The fraction of sp³-hybridized carbons (Fsp3) is 0.526. The lowest BCUT2D eigenvalue weighted by Gasteiger charge is -2.34. The fourth-order valence-electron chi connectivity index (χ4n) is 3.54. The van der Waals surface area contributed by atoms with Crippen LogP contribution in [0.5, 0.6) is 0 Å². The molecule has 3 rings (SSSR count). The molecule has 2 aromatic rings. The second-order valence-corrected chi connectivity index (χ2v) is 6.51. The van der Waals surface area contributed by atoms with E-state index in [1.807, 2.05) is 42.7 Å². The number of para-hydroxylation sites is 2. The number of carbonyl (C=O) groups is 2. The van der Waals surface area contributed by atoms with E-state index in [9.17, 15) is 9.59 Å². The topological polar surface area (TPSA) is 67.2 Å². The van der Waals surface area contributed by atoms with Crippen LogP contribution < -0.4 is 5.32 Å². The maximum atomic E-state index is 12.9. The van der Waals surface area contributed by atoms with E-state index in [4.69, 9.17) is 0 Å². The molecular weight excluding hydrogens is 316 g/mol. The third-order valence-corrected chi connectivity index (χ3v) is 4.80. The number of imidazole rings is 1. The van der Waals surface area contributed by atoms with Gasteiger partial charge in [0.1, 0.15) is 6.04 Å². The number of anilines is 1. The van der Waals surface area contributed by atoms with Crippen molar-refractivity contribution >= 4 is 28.8 Å². The van der Waals surface area contributed by atoms with Crippen LogP contribution in [-0.2, 0) is 16.1 Å². The lowest BCUT2D eigenvalue weighted by Crippen LogP contribution is -2.50. The number of hydrogen-bond acceptors (Lipinski definition) is 3. The number of fused-ring (bicyclic) bond motifs is 1. The number of benzene rings is 1. The van der Waals surface area contributed by atoms with E-state index in [2.05, 4.69) is 10.3 Å². The molecule has 1 aromatic carbocycles. The number of aromatic nitrogens is 2. The molecule has 0 bridgehead atoms. The average molecular weight is 342 g/mol. The smallest absolute Gasteiger partial charge is 0.249 e. The summed E-state index contributed by atoms with van der Waals surface area (Å²) < 4.78 is 1.99. The Hall–Kier alpha value is -2.37. The molecule has 25 heavy (non-hydrogen) atoms. The van der Waals surface area contributed by atoms with E-state index in [0.29, 0.717) is 25.3 Å². The van der Waals surface area contributed by atoms with Crippen LogP contribution in [0.15, 0.2) is 24.3 Å². The lowest BCUT2D eigenvalue weighted by atomic mass is 10.0. The zero-order chi connectivity index (χ0) is 17.8. The number of hydrogen-bond donors (Lipinski definition) is 1. The van der Waals surface area contributed by atoms with Gasteiger partial charge in [-0.2, -0.15) is 0 Å². The monoisotopic (exact) mass is 342 g/mol. The molecular formula is C19H26N4O2. The molecule has 6 heteroatoms. The maximum absolute atomic E-state index is 12.9. The van der Waals surface area contributed by atoms with Gasteiger partial charge in [0.15, 0.2) is 0 Å². The second kappa shape index (κ2) is 7.68. The predicted octanol–water partition coefficient (Wildman–Crippen LogP) is 3.18. The highest BCUT2D eigenvalue weighted by Crippen LogP contribution is 2.23. The Labute approximate surface area is 148 Å². The molecule has 1 unspecified atom stereocenters. The van der Waals surface area contributed by atoms with Crippen molar-refractivity contribution in [3.8, 4) is 0 Å². The van der Waals surface area contributed by atoms with E-state index in [-0.39, 0.29) is 11.8 Å². The normalized spacial score (nSPS) is 17.7. The van der Waals surface area contributed by atoms with Gasteiger partial charge in [0.2, 0.25) is 17.8 Å². The van der Waals surface area contributed by atoms with Gasteiger partial charge in [0, 0.05) is 19.5 Å². The van der Waals surface area contributed by atoms with Crippen LogP contribution in [0.4, 0.5) is 5.95 Å². The Kier molecular flexibility index (Phi) is 5.36. The molecule has 0 aliphatic carbocycles. The number of nitrogens with zero attached hydrogens (tertiary/aromatic N) is 3. The minimum atomic E-state index is -0.391. The average Bonchev–Trinajstić information content (AvgIpc) is 2.98. The van der Waals surface area contributed by atoms with Gasteiger partial charge in [0.05, 0.1) is 11.0 Å². The van der Waals surface area contributed by atoms with Gasteiger partial charge in [0.25, 0.3) is 0 Å². The van der Waals surface area contributed by atoms with Gasteiger partial charge in [-0.05, 0) is 44.7 Å². The minimum Gasteiger partial charge on any atom is -0.331 e. The first-order chi connectivity index (χ1) is 12.2. The zero-order valence-corrected chi connectivity index (χ0v) is 15.0. The minimum absolute atomic E-state index is 0.0753. The molecule has 1 aromatic heterocycles. The number of carbonyl (C=O) groups excluding carboxylic acids is 2. The Morgan fingerprint density at radius 2 is 2.04 bits per heavy atom. The zero-order valence-electron chi connectivity index (χ0n) is 15.0. The Morgan fingerprint density at radius 1 is 1.24 bits per heavy atom. The van der Waals surface area contributed by atoms with Gasteiger partial charge in [-0.1, -0.05) is 19.1 Å². The Balaban J connectivity index is 1.82. The molecule has 0 radical (unpaired) electrons. The van der Waals surface area contributed by atoms with Gasteiger partial charge < -0.3 is 9.47 Å². The summed E-state index contributed by atoms with van der Waals surface area (Å²) in [6.07, 6.45) is 3.95. The number of amides is 2. The molecule has 0 saturated carbocycles. The van der Waals surface area contributed by atoms with Crippen LogP contribution in [0.2, 0.25) is 0 Å². The number of rotatable bonds is 5. The van der Waals surface area contributed by atoms with Crippen molar-refractivity contribution in [3.05, 3.63) is 24.3 Å². The van der Waals surface area contributed by atoms with Crippen LogP contribution in [-0.4, -0.2) is 38.9 Å². The first-order valence-electron chi connectivity index (χ1n) is 9.21. The third-order valence-electron chi connectivity index (χ3n) is 4.80. The summed E-state index contributed by atoms with van der Waals surface area (Å²) in [6, 6.07) is 7.45. The van der Waals surface area contributed by atoms with Gasteiger partial charge in [-0.25, -0.2) is 4.98 Å². The number of aryl methyl sites for hydroxylation is 1. The van der Waals surface area contributed by atoms with Crippen LogP contribution in [0.3, 0.4) is 0 Å². The number of likely N-dealkylation sites (tertiary alicyclic amines) is 1. The highest BCUT2D eigenvalue weighted by Gasteiger charge is 2.32. The van der Waals surface area contributed by atoms with Crippen molar-refractivity contribution in [3.63, 3.8) is 0 Å². The molecule has 0 spiro atoms. The molecule has 1 aliphatic rings. The van der Waals surface area contributed by atoms with Gasteiger partial charge >= 0.3 is 0 Å². The molecule has 1 atom stereocenters. The molecule has 1 aliphatic heterocycles. The van der Waals surface area contributed by atoms with E-state index >= 15 is 0 Å². The van der Waals surface area contributed by atoms with E-state index in [1.165, 1.54) is 0 Å². The summed E-state index contributed by atoms with van der Waals surface area (Å²) in [5.41, 5.74) is 1.87. The van der Waals surface area contributed by atoms with Crippen LogP contribution >= 0.6 is 0 Å². The molecule has 1 fully saturated rings. The number of piperidine rings is 1. The first kappa shape index (κ1) is 17.5. The molecule has 2 amide bonds. The van der Waals surface area contributed by atoms with E-state index in [0.717, 1.165) is 36.8 Å². The SMILES string of the molecule is CCCC(=O)N1CCCCC1C(=O)Nc1nc2ccccc2n1CC. The summed E-state index contributed by atoms with van der Waals surface area (Å²) >= 11 is 0. The van der Waals surface area contributed by atoms with Crippen LogP contribution in [0.1, 0.15) is 46.0 Å². The molecule has 2 heterocycles. The van der Waals surface area contributed by atoms with Gasteiger partial charge in [-0.15, -0.1) is 0 Å². The largest absolute Gasteiger partial charge is 0.331 e. The highest BCUT2D eigenvalue weighted by molar-refractivity contribution is 5.97. The highest BCUT2D eigenvalue weighted by atomic mass is 16.2. The van der Waals surface area contributed by atoms with Crippen molar-refractivity contribution in [1.82, 2.24) is 14.5 Å².